The number of amides is 3. The van der Waals surface area contributed by atoms with Crippen molar-refractivity contribution in [3.63, 3.8) is 0 Å². The van der Waals surface area contributed by atoms with Gasteiger partial charge in [-0.05, 0) is 23.8 Å². The average molecular weight is 494 g/mol. The summed E-state index contributed by atoms with van der Waals surface area (Å²) in [6, 6.07) is 9.81. The number of halogens is 2. The maximum Gasteiger partial charge on any atom is 0.320 e. The summed E-state index contributed by atoms with van der Waals surface area (Å²) in [4.78, 5) is 38.0. The number of nitrogens with two attached hydrogens (primary N) is 1. The lowest BCUT2D eigenvalue weighted by Gasteiger charge is -2.28. The summed E-state index contributed by atoms with van der Waals surface area (Å²) in [5.74, 6) is -1.24. The van der Waals surface area contributed by atoms with Crippen LogP contribution in [0.2, 0.25) is 5.02 Å². The number of benzene rings is 2. The Labute approximate surface area is 185 Å². The Kier molecular flexibility index (Phi) is 5.68. The lowest BCUT2D eigenvalue weighted by molar-refractivity contribution is -0.138. The van der Waals surface area contributed by atoms with Gasteiger partial charge < -0.3 is 21.1 Å². The van der Waals surface area contributed by atoms with Crippen molar-refractivity contribution in [1.29, 1.82) is 0 Å². The highest BCUT2D eigenvalue weighted by molar-refractivity contribution is 9.10. The van der Waals surface area contributed by atoms with Crippen LogP contribution in [0.25, 0.3) is 0 Å². The molecule has 4 rings (SSSR count). The van der Waals surface area contributed by atoms with Gasteiger partial charge >= 0.3 is 12.0 Å². The second kappa shape index (κ2) is 8.25. The van der Waals surface area contributed by atoms with Crippen LogP contribution in [0.1, 0.15) is 21.8 Å². The molecule has 4 N–H and O–H groups in total. The maximum absolute atomic E-state index is 13.0. The summed E-state index contributed by atoms with van der Waals surface area (Å²) >= 11 is 9.72. The number of hydrogen-bond donors (Lipinski definition) is 3. The fraction of sp³-hybridized carbons (Fsp3) is 0.250. The van der Waals surface area contributed by atoms with E-state index in [2.05, 4.69) is 26.6 Å². The van der Waals surface area contributed by atoms with E-state index in [1.165, 1.54) is 17.0 Å². The average Bonchev–Trinajstić information content (AvgIpc) is 3.19. The molecule has 30 heavy (non-hydrogen) atoms. The van der Waals surface area contributed by atoms with Gasteiger partial charge in [0.1, 0.15) is 0 Å². The molecule has 3 amide bonds. The first-order valence-corrected chi connectivity index (χ1v) is 10.4. The van der Waals surface area contributed by atoms with Crippen molar-refractivity contribution in [1.82, 2.24) is 10.6 Å². The molecule has 2 atom stereocenters. The third-order valence-electron chi connectivity index (χ3n) is 5.25. The molecule has 8 nitrogen and oxygen atoms in total. The monoisotopic (exact) mass is 492 g/mol. The second-order valence-corrected chi connectivity index (χ2v) is 8.40. The Morgan fingerprint density at radius 2 is 2.03 bits per heavy atom. The predicted molar refractivity (Wildman–Crippen MR) is 115 cm³/mol. The Hall–Kier alpha value is -2.62. The Balaban J connectivity index is 1.61. The molecule has 0 saturated carbocycles. The van der Waals surface area contributed by atoms with E-state index in [9.17, 15) is 14.4 Å². The molecule has 2 unspecified atom stereocenters. The van der Waals surface area contributed by atoms with E-state index < -0.39 is 23.8 Å². The first-order chi connectivity index (χ1) is 14.3. The van der Waals surface area contributed by atoms with Gasteiger partial charge in [0.15, 0.2) is 5.75 Å². The van der Waals surface area contributed by atoms with Crippen LogP contribution in [0.3, 0.4) is 0 Å². The van der Waals surface area contributed by atoms with Crippen LogP contribution in [-0.4, -0.2) is 37.7 Å². The third kappa shape index (κ3) is 3.88. The van der Waals surface area contributed by atoms with Crippen LogP contribution < -0.4 is 26.0 Å². The smallest absolute Gasteiger partial charge is 0.320 e. The molecule has 1 fully saturated rings. The van der Waals surface area contributed by atoms with E-state index in [1.54, 1.807) is 0 Å². The predicted octanol–water partition coefficient (Wildman–Crippen LogP) is 2.60. The quantitative estimate of drug-likeness (QED) is 0.449. The van der Waals surface area contributed by atoms with Crippen molar-refractivity contribution in [2.75, 3.05) is 24.7 Å². The molecule has 1 saturated heterocycles. The minimum absolute atomic E-state index is 0.0562. The standard InChI is InChI=1S/C20H18BrClN4O4/c21-11-3-1-2-10(4-11)13-7-24-8-14(13)19(28)30-17-6-16-12(5-15(17)22)18(27)25-9-26(16)20(23)29/h1-6,13-14,24H,7-9H2,(H2,23,29)(H,25,27). The molecule has 2 aliphatic heterocycles. The van der Waals surface area contributed by atoms with Crippen molar-refractivity contribution in [3.8, 4) is 5.75 Å². The Morgan fingerprint density at radius 3 is 2.77 bits per heavy atom. The lowest BCUT2D eigenvalue weighted by atomic mass is 9.89. The Bertz CT molecular complexity index is 1050. The summed E-state index contributed by atoms with van der Waals surface area (Å²) in [6.07, 6.45) is 0. The normalized spacial score (nSPS) is 20.5. The van der Waals surface area contributed by atoms with E-state index in [-0.39, 0.29) is 34.6 Å². The van der Waals surface area contributed by atoms with Gasteiger partial charge in [0.25, 0.3) is 5.91 Å². The van der Waals surface area contributed by atoms with Gasteiger partial charge in [-0.2, -0.15) is 0 Å². The fourth-order valence-corrected chi connectivity index (χ4v) is 4.37. The second-order valence-electron chi connectivity index (χ2n) is 7.08. The molecule has 156 valence electrons. The van der Waals surface area contributed by atoms with Crippen LogP contribution in [0, 0.1) is 5.92 Å². The molecule has 2 aromatic rings. The van der Waals surface area contributed by atoms with Gasteiger partial charge in [0.2, 0.25) is 0 Å². The highest BCUT2D eigenvalue weighted by Gasteiger charge is 2.36. The first kappa shape index (κ1) is 20.6. The zero-order chi connectivity index (χ0) is 21.4. The number of esters is 1. The van der Waals surface area contributed by atoms with Crippen molar-refractivity contribution in [2.24, 2.45) is 11.7 Å². The van der Waals surface area contributed by atoms with E-state index in [1.807, 2.05) is 24.3 Å². The van der Waals surface area contributed by atoms with Crippen LogP contribution in [-0.2, 0) is 4.79 Å². The summed E-state index contributed by atoms with van der Waals surface area (Å²) in [5.41, 5.74) is 6.83. The summed E-state index contributed by atoms with van der Waals surface area (Å²) in [5, 5.41) is 5.86. The molecule has 10 heteroatoms. The van der Waals surface area contributed by atoms with Gasteiger partial charge in [0.05, 0.1) is 28.9 Å². The maximum atomic E-state index is 13.0. The zero-order valence-corrected chi connectivity index (χ0v) is 18.0. The van der Waals surface area contributed by atoms with Gasteiger partial charge in [0, 0.05) is 29.5 Å². The number of fused-ring (bicyclic) bond motifs is 1. The lowest BCUT2D eigenvalue weighted by Crippen LogP contribution is -2.48. The number of carbonyl (C=O) groups excluding carboxylic acids is 3. The van der Waals surface area contributed by atoms with Crippen LogP contribution in [0.4, 0.5) is 10.5 Å². The number of carbonyl (C=O) groups is 3. The third-order valence-corrected chi connectivity index (χ3v) is 6.04. The van der Waals surface area contributed by atoms with Crippen LogP contribution in [0.15, 0.2) is 40.9 Å². The molecule has 0 aliphatic carbocycles. The van der Waals surface area contributed by atoms with E-state index in [4.69, 9.17) is 22.1 Å². The molecule has 0 radical (unpaired) electrons. The summed E-state index contributed by atoms with van der Waals surface area (Å²) in [6.45, 7) is 1.03. The van der Waals surface area contributed by atoms with Gasteiger partial charge in [-0.3, -0.25) is 14.5 Å². The van der Waals surface area contributed by atoms with Crippen LogP contribution >= 0.6 is 27.5 Å². The number of urea groups is 1. The summed E-state index contributed by atoms with van der Waals surface area (Å²) < 4.78 is 6.54. The molecule has 2 heterocycles. The van der Waals surface area contributed by atoms with Gasteiger partial charge in [-0.15, -0.1) is 0 Å². The largest absolute Gasteiger partial charge is 0.425 e. The van der Waals surface area contributed by atoms with Crippen molar-refractivity contribution in [3.05, 3.63) is 57.0 Å². The molecule has 2 aliphatic rings. The minimum atomic E-state index is -0.745. The minimum Gasteiger partial charge on any atom is -0.425 e. The molecule has 0 bridgehead atoms. The number of nitrogens with one attached hydrogen (secondary N) is 2. The van der Waals surface area contributed by atoms with Crippen molar-refractivity contribution in [2.45, 2.75) is 5.92 Å². The number of nitrogens with zero attached hydrogens (tertiary/aromatic N) is 1. The highest BCUT2D eigenvalue weighted by atomic mass is 79.9. The van der Waals surface area contributed by atoms with E-state index >= 15 is 0 Å². The molecule has 0 aromatic heterocycles. The molecule has 2 aromatic carbocycles. The van der Waals surface area contributed by atoms with Gasteiger partial charge in [-0.25, -0.2) is 4.79 Å². The van der Waals surface area contributed by atoms with Crippen molar-refractivity contribution < 1.29 is 19.1 Å². The molecule has 0 spiro atoms. The van der Waals surface area contributed by atoms with Crippen molar-refractivity contribution >= 4 is 51.1 Å². The number of ether oxygens (including phenoxy) is 1. The zero-order valence-electron chi connectivity index (χ0n) is 15.7. The number of hydrogen-bond acceptors (Lipinski definition) is 5. The van der Waals surface area contributed by atoms with E-state index in [0.29, 0.717) is 13.1 Å². The molecular weight excluding hydrogens is 476 g/mol. The Morgan fingerprint density at radius 1 is 1.23 bits per heavy atom. The highest BCUT2D eigenvalue weighted by Crippen LogP contribution is 2.37. The van der Waals surface area contributed by atoms with Crippen LogP contribution in [0.5, 0.6) is 5.75 Å². The number of primary amides is 1. The number of anilines is 1. The molecular formula is C20H18BrClN4O4. The first-order valence-electron chi connectivity index (χ1n) is 9.21. The fourth-order valence-electron chi connectivity index (χ4n) is 3.75. The topological polar surface area (TPSA) is 114 Å². The number of rotatable bonds is 3. The van der Waals surface area contributed by atoms with Gasteiger partial charge in [-0.1, -0.05) is 39.7 Å². The summed E-state index contributed by atoms with van der Waals surface area (Å²) in [7, 11) is 0. The SMILES string of the molecule is NC(=O)N1CNC(=O)c2cc(Cl)c(OC(=O)C3CNCC3c3cccc(Br)c3)cc21. The van der Waals surface area contributed by atoms with E-state index in [0.717, 1.165) is 10.0 Å².